The topological polar surface area (TPSA) is 64.4 Å². The first-order chi connectivity index (χ1) is 11.5. The standard InChI is InChI=1S/C19H24N2O3/c1-13-4-6-14(7-5-13)17-21-16(12-24-17)10-11-20-18(22)19(2,23-3)15-8-9-15/h4-7,12,15H,8-11H2,1-3H3,(H,20,22). The fraction of sp³-hybridized carbons (Fsp3) is 0.474. The van der Waals surface area contributed by atoms with Crippen LogP contribution in [-0.4, -0.2) is 30.1 Å². The third-order valence-electron chi connectivity index (χ3n) is 4.75. The molecule has 1 amide bonds. The Kier molecular flexibility index (Phi) is 4.71. The molecule has 1 heterocycles. The molecule has 0 bridgehead atoms. The lowest BCUT2D eigenvalue weighted by atomic mass is 9.99. The summed E-state index contributed by atoms with van der Waals surface area (Å²) in [6.07, 6.45) is 4.39. The molecule has 3 rings (SSSR count). The molecule has 1 aliphatic rings. The van der Waals surface area contributed by atoms with Crippen molar-refractivity contribution in [3.8, 4) is 11.5 Å². The summed E-state index contributed by atoms with van der Waals surface area (Å²) in [5.41, 5.74) is 2.27. The lowest BCUT2D eigenvalue weighted by Gasteiger charge is -2.26. The Morgan fingerprint density at radius 2 is 2.08 bits per heavy atom. The highest BCUT2D eigenvalue weighted by molar-refractivity contribution is 5.85. The molecule has 0 spiro atoms. The van der Waals surface area contributed by atoms with Crippen LogP contribution in [0.1, 0.15) is 31.0 Å². The van der Waals surface area contributed by atoms with Gasteiger partial charge in [0.25, 0.3) is 5.91 Å². The first kappa shape index (κ1) is 16.7. The summed E-state index contributed by atoms with van der Waals surface area (Å²) < 4.78 is 11.0. The van der Waals surface area contributed by atoms with Crippen LogP contribution in [0.4, 0.5) is 0 Å². The van der Waals surface area contributed by atoms with Gasteiger partial charge < -0.3 is 14.5 Å². The zero-order chi connectivity index (χ0) is 17.2. The van der Waals surface area contributed by atoms with E-state index in [2.05, 4.69) is 10.3 Å². The number of benzene rings is 1. The average Bonchev–Trinajstić information content (AvgIpc) is 3.35. The number of aromatic nitrogens is 1. The summed E-state index contributed by atoms with van der Waals surface area (Å²) in [5.74, 6) is 0.897. The number of oxazole rings is 1. The maximum atomic E-state index is 12.3. The third-order valence-corrected chi connectivity index (χ3v) is 4.75. The van der Waals surface area contributed by atoms with Crippen LogP contribution < -0.4 is 5.32 Å². The van der Waals surface area contributed by atoms with Gasteiger partial charge in [0.1, 0.15) is 11.9 Å². The van der Waals surface area contributed by atoms with Crippen molar-refractivity contribution < 1.29 is 13.9 Å². The number of amides is 1. The lowest BCUT2D eigenvalue weighted by Crippen LogP contribution is -2.48. The first-order valence-electron chi connectivity index (χ1n) is 8.38. The summed E-state index contributed by atoms with van der Waals surface area (Å²) in [6, 6.07) is 8.05. The monoisotopic (exact) mass is 328 g/mol. The van der Waals surface area contributed by atoms with E-state index in [1.807, 2.05) is 38.1 Å². The van der Waals surface area contributed by atoms with Crippen LogP contribution in [0.15, 0.2) is 34.9 Å². The van der Waals surface area contributed by atoms with Crippen molar-refractivity contribution >= 4 is 5.91 Å². The molecule has 1 aromatic carbocycles. The molecule has 128 valence electrons. The SMILES string of the molecule is COC(C)(C(=O)NCCc1coc(-c2ccc(C)cc2)n1)C1CC1. The number of carbonyl (C=O) groups is 1. The van der Waals surface area contributed by atoms with Gasteiger partial charge in [-0.05, 0) is 44.7 Å². The maximum absolute atomic E-state index is 12.3. The lowest BCUT2D eigenvalue weighted by molar-refractivity contribution is -0.143. The summed E-state index contributed by atoms with van der Waals surface area (Å²) in [5, 5.41) is 2.95. The van der Waals surface area contributed by atoms with Gasteiger partial charge in [0.05, 0.1) is 5.69 Å². The van der Waals surface area contributed by atoms with Crippen LogP contribution in [0.2, 0.25) is 0 Å². The molecule has 0 aliphatic heterocycles. The molecule has 5 heteroatoms. The molecular weight excluding hydrogens is 304 g/mol. The normalized spacial score (nSPS) is 16.6. The Bertz CT molecular complexity index is 704. The minimum Gasteiger partial charge on any atom is -0.444 e. The highest BCUT2D eigenvalue weighted by atomic mass is 16.5. The van der Waals surface area contributed by atoms with Gasteiger partial charge >= 0.3 is 0 Å². The van der Waals surface area contributed by atoms with E-state index < -0.39 is 5.60 Å². The van der Waals surface area contributed by atoms with Crippen molar-refractivity contribution in [1.29, 1.82) is 0 Å². The Morgan fingerprint density at radius 1 is 1.38 bits per heavy atom. The molecule has 1 fully saturated rings. The van der Waals surface area contributed by atoms with Crippen LogP contribution in [0.3, 0.4) is 0 Å². The third kappa shape index (κ3) is 3.51. The zero-order valence-corrected chi connectivity index (χ0v) is 14.5. The number of carbonyl (C=O) groups excluding carboxylic acids is 1. The van der Waals surface area contributed by atoms with E-state index in [9.17, 15) is 4.79 Å². The van der Waals surface area contributed by atoms with Crippen LogP contribution in [0.25, 0.3) is 11.5 Å². The average molecular weight is 328 g/mol. The van der Waals surface area contributed by atoms with Gasteiger partial charge in [0.15, 0.2) is 0 Å². The quantitative estimate of drug-likeness (QED) is 0.848. The van der Waals surface area contributed by atoms with E-state index in [1.54, 1.807) is 13.4 Å². The number of hydrogen-bond acceptors (Lipinski definition) is 4. The highest BCUT2D eigenvalue weighted by Gasteiger charge is 2.47. The van der Waals surface area contributed by atoms with Crippen molar-refractivity contribution in [3.63, 3.8) is 0 Å². The minimum atomic E-state index is -0.711. The van der Waals surface area contributed by atoms with Gasteiger partial charge in [0.2, 0.25) is 5.89 Å². The van der Waals surface area contributed by atoms with Gasteiger partial charge in [-0.15, -0.1) is 0 Å². The second-order valence-electron chi connectivity index (χ2n) is 6.60. The maximum Gasteiger partial charge on any atom is 0.252 e. The second kappa shape index (κ2) is 6.77. The smallest absolute Gasteiger partial charge is 0.252 e. The van der Waals surface area contributed by atoms with Crippen molar-refractivity contribution in [1.82, 2.24) is 10.3 Å². The highest BCUT2D eigenvalue weighted by Crippen LogP contribution is 2.41. The molecule has 0 saturated heterocycles. The molecular formula is C19H24N2O3. The van der Waals surface area contributed by atoms with Crippen LogP contribution in [0, 0.1) is 12.8 Å². The van der Waals surface area contributed by atoms with Crippen molar-refractivity contribution in [2.75, 3.05) is 13.7 Å². The van der Waals surface area contributed by atoms with Gasteiger partial charge in [-0.1, -0.05) is 17.7 Å². The van der Waals surface area contributed by atoms with Crippen LogP contribution in [0.5, 0.6) is 0 Å². The van der Waals surface area contributed by atoms with E-state index in [0.29, 0.717) is 24.8 Å². The fourth-order valence-corrected chi connectivity index (χ4v) is 2.81. The van der Waals surface area contributed by atoms with E-state index in [4.69, 9.17) is 9.15 Å². The zero-order valence-electron chi connectivity index (χ0n) is 14.5. The molecule has 0 radical (unpaired) electrons. The van der Waals surface area contributed by atoms with Crippen molar-refractivity contribution in [3.05, 3.63) is 41.8 Å². The fourth-order valence-electron chi connectivity index (χ4n) is 2.81. The molecule has 1 atom stereocenters. The Balaban J connectivity index is 1.54. The first-order valence-corrected chi connectivity index (χ1v) is 8.38. The van der Waals surface area contributed by atoms with Crippen LogP contribution in [-0.2, 0) is 16.0 Å². The molecule has 1 aliphatic carbocycles. The van der Waals surface area contributed by atoms with Crippen molar-refractivity contribution in [2.24, 2.45) is 5.92 Å². The number of ether oxygens (including phenoxy) is 1. The molecule has 5 nitrogen and oxygen atoms in total. The number of nitrogens with zero attached hydrogens (tertiary/aromatic N) is 1. The Labute approximate surface area is 142 Å². The number of hydrogen-bond donors (Lipinski definition) is 1. The summed E-state index contributed by atoms with van der Waals surface area (Å²) in [7, 11) is 1.60. The second-order valence-corrected chi connectivity index (χ2v) is 6.60. The predicted molar refractivity (Wildman–Crippen MR) is 91.5 cm³/mol. The van der Waals surface area contributed by atoms with Gasteiger partial charge in [-0.25, -0.2) is 4.98 Å². The number of nitrogens with one attached hydrogen (secondary N) is 1. The van der Waals surface area contributed by atoms with Gasteiger partial charge in [-0.3, -0.25) is 4.79 Å². The minimum absolute atomic E-state index is 0.0465. The van der Waals surface area contributed by atoms with E-state index in [-0.39, 0.29) is 5.91 Å². The molecule has 1 saturated carbocycles. The molecule has 1 aromatic heterocycles. The Hall–Kier alpha value is -2.14. The van der Waals surface area contributed by atoms with Crippen LogP contribution >= 0.6 is 0 Å². The van der Waals surface area contributed by atoms with E-state index in [1.165, 1.54) is 5.56 Å². The Morgan fingerprint density at radius 3 is 2.71 bits per heavy atom. The number of aryl methyl sites for hydroxylation is 1. The molecule has 1 unspecified atom stereocenters. The number of rotatable bonds is 7. The van der Waals surface area contributed by atoms with Gasteiger partial charge in [-0.2, -0.15) is 0 Å². The largest absolute Gasteiger partial charge is 0.444 e. The van der Waals surface area contributed by atoms with E-state index >= 15 is 0 Å². The predicted octanol–water partition coefficient (Wildman–Crippen LogP) is 3.12. The molecule has 2 aromatic rings. The van der Waals surface area contributed by atoms with E-state index in [0.717, 1.165) is 24.1 Å². The summed E-state index contributed by atoms with van der Waals surface area (Å²) >= 11 is 0. The summed E-state index contributed by atoms with van der Waals surface area (Å²) in [6.45, 7) is 4.43. The number of methoxy groups -OCH3 is 1. The molecule has 1 N–H and O–H groups in total. The summed E-state index contributed by atoms with van der Waals surface area (Å²) in [4.78, 5) is 16.8. The van der Waals surface area contributed by atoms with Crippen molar-refractivity contribution in [2.45, 2.75) is 38.7 Å². The van der Waals surface area contributed by atoms with Gasteiger partial charge in [0, 0.05) is 25.6 Å². The molecule has 24 heavy (non-hydrogen) atoms.